The second-order valence-corrected chi connectivity index (χ2v) is 4.55. The van der Waals surface area contributed by atoms with Crippen LogP contribution < -0.4 is 4.72 Å². The highest BCUT2D eigenvalue weighted by Crippen LogP contribution is 2.20. The predicted molar refractivity (Wildman–Crippen MR) is 54.1 cm³/mol. The number of anilines is 1. The topological polar surface area (TPSA) is 66.4 Å². The minimum Gasteiger partial charge on any atom is -0.269 e. The van der Waals surface area contributed by atoms with Crippen molar-refractivity contribution in [3.8, 4) is 0 Å². The van der Waals surface area contributed by atoms with Gasteiger partial charge in [0.05, 0.1) is 5.69 Å². The first-order chi connectivity index (χ1) is 5.88. The van der Waals surface area contributed by atoms with Crippen molar-refractivity contribution in [2.24, 2.45) is 0 Å². The zero-order valence-electron chi connectivity index (χ0n) is 6.78. The van der Waals surface area contributed by atoms with Crippen LogP contribution in [0.4, 0.5) is 5.69 Å². The molecule has 0 radical (unpaired) electrons. The molecule has 1 rings (SSSR count). The van der Waals surface area contributed by atoms with Crippen molar-refractivity contribution in [3.63, 3.8) is 0 Å². The smallest absolute Gasteiger partial charge is 0.269 e. The van der Waals surface area contributed by atoms with Crippen molar-refractivity contribution < 1.29 is 13.0 Å². The second kappa shape index (κ2) is 3.65. The number of halogens is 1. The molecule has 6 heteroatoms. The van der Waals surface area contributed by atoms with E-state index in [9.17, 15) is 8.42 Å². The van der Waals surface area contributed by atoms with Crippen LogP contribution in [0.1, 0.15) is 5.56 Å². The quantitative estimate of drug-likeness (QED) is 0.804. The first kappa shape index (κ1) is 10.5. The minimum absolute atomic E-state index is 0.336. The van der Waals surface area contributed by atoms with Crippen LogP contribution in [0.5, 0.6) is 0 Å². The fraction of sp³-hybridized carbons (Fsp3) is 0.143. The lowest BCUT2D eigenvalue weighted by Crippen LogP contribution is -2.10. The molecular weight excluding hydrogens is 258 g/mol. The summed E-state index contributed by atoms with van der Waals surface area (Å²) in [6.07, 6.45) is 0. The summed E-state index contributed by atoms with van der Waals surface area (Å²) in [5.74, 6) is 0. The molecule has 0 amide bonds. The van der Waals surface area contributed by atoms with Crippen molar-refractivity contribution in [1.82, 2.24) is 0 Å². The summed E-state index contributed by atoms with van der Waals surface area (Å²) in [5.41, 5.74) is 1.22. The van der Waals surface area contributed by atoms with E-state index in [1.165, 1.54) is 0 Å². The zero-order valence-corrected chi connectivity index (χ0v) is 9.18. The Bertz CT molecular complexity index is 416. The molecule has 0 atom stereocenters. The molecule has 0 unspecified atom stereocenters. The number of nitrogens with one attached hydrogen (secondary N) is 1. The van der Waals surface area contributed by atoms with Crippen molar-refractivity contribution in [2.75, 3.05) is 4.72 Å². The summed E-state index contributed by atoms with van der Waals surface area (Å²) in [6.45, 7) is 1.82. The highest BCUT2D eigenvalue weighted by molar-refractivity contribution is 9.10. The van der Waals surface area contributed by atoms with Gasteiger partial charge >= 0.3 is 10.3 Å². The molecule has 0 saturated carbocycles. The Labute approximate surface area is 85.0 Å². The minimum atomic E-state index is -4.17. The van der Waals surface area contributed by atoms with Gasteiger partial charge in [-0.05, 0) is 30.7 Å². The van der Waals surface area contributed by atoms with Crippen LogP contribution in [-0.2, 0) is 10.3 Å². The third-order valence-electron chi connectivity index (χ3n) is 1.40. The first-order valence-corrected chi connectivity index (χ1v) is 5.63. The van der Waals surface area contributed by atoms with Gasteiger partial charge in [0, 0.05) is 4.47 Å². The number of benzene rings is 1. The first-order valence-electron chi connectivity index (χ1n) is 3.40. The van der Waals surface area contributed by atoms with Gasteiger partial charge in [-0.2, -0.15) is 8.42 Å². The van der Waals surface area contributed by atoms with Crippen LogP contribution in [0.2, 0.25) is 0 Å². The van der Waals surface area contributed by atoms with Crippen LogP contribution in [0.25, 0.3) is 0 Å². The van der Waals surface area contributed by atoms with Gasteiger partial charge in [0.2, 0.25) is 0 Å². The molecule has 0 fully saturated rings. The van der Waals surface area contributed by atoms with Crippen LogP contribution >= 0.6 is 15.9 Å². The molecular formula is C7H8BrNO3S. The maximum Gasteiger partial charge on any atom is 0.357 e. The van der Waals surface area contributed by atoms with Crippen LogP contribution in [0, 0.1) is 6.92 Å². The van der Waals surface area contributed by atoms with E-state index in [2.05, 4.69) is 15.9 Å². The summed E-state index contributed by atoms with van der Waals surface area (Å²) < 4.78 is 32.2. The molecule has 0 heterocycles. The lowest BCUT2D eigenvalue weighted by Gasteiger charge is -2.04. The number of rotatable bonds is 2. The summed E-state index contributed by atoms with van der Waals surface area (Å²) in [6, 6.07) is 4.85. The molecule has 0 aliphatic heterocycles. The standard InChI is InChI=1S/C7H8BrNO3S/c1-5-4-6(2-3-7(5)8)9-13(10,11)12/h2-4,9H,1H3,(H,10,11,12). The van der Waals surface area contributed by atoms with Crippen molar-refractivity contribution in [3.05, 3.63) is 28.2 Å². The molecule has 0 bridgehead atoms. The van der Waals surface area contributed by atoms with E-state index in [4.69, 9.17) is 4.55 Å². The third kappa shape index (κ3) is 3.33. The Kier molecular flexibility index (Phi) is 2.94. The van der Waals surface area contributed by atoms with Gasteiger partial charge in [-0.25, -0.2) is 0 Å². The Morgan fingerprint density at radius 3 is 2.54 bits per heavy atom. The SMILES string of the molecule is Cc1cc(NS(=O)(=O)O)ccc1Br. The molecule has 0 spiro atoms. The van der Waals surface area contributed by atoms with Gasteiger partial charge in [-0.1, -0.05) is 15.9 Å². The van der Waals surface area contributed by atoms with Crippen molar-refractivity contribution >= 4 is 31.9 Å². The van der Waals surface area contributed by atoms with E-state index in [0.717, 1.165) is 10.0 Å². The van der Waals surface area contributed by atoms with Gasteiger partial charge in [0.1, 0.15) is 0 Å². The van der Waals surface area contributed by atoms with Gasteiger partial charge in [-0.3, -0.25) is 9.27 Å². The van der Waals surface area contributed by atoms with Crippen LogP contribution in [0.3, 0.4) is 0 Å². The molecule has 1 aromatic rings. The molecule has 0 aliphatic carbocycles. The van der Waals surface area contributed by atoms with E-state index in [1.807, 2.05) is 11.6 Å². The third-order valence-corrected chi connectivity index (χ3v) is 2.79. The predicted octanol–water partition coefficient (Wildman–Crippen LogP) is 1.97. The molecule has 72 valence electrons. The Morgan fingerprint density at radius 1 is 1.46 bits per heavy atom. The number of hydrogen-bond acceptors (Lipinski definition) is 2. The maximum absolute atomic E-state index is 10.4. The molecule has 1 aromatic carbocycles. The normalized spacial score (nSPS) is 11.3. The average molecular weight is 266 g/mol. The zero-order chi connectivity index (χ0) is 10.1. The van der Waals surface area contributed by atoms with E-state index in [-0.39, 0.29) is 0 Å². The number of hydrogen-bond donors (Lipinski definition) is 2. The van der Waals surface area contributed by atoms with E-state index < -0.39 is 10.3 Å². The maximum atomic E-state index is 10.4. The molecule has 2 N–H and O–H groups in total. The van der Waals surface area contributed by atoms with Crippen LogP contribution in [-0.4, -0.2) is 13.0 Å². The van der Waals surface area contributed by atoms with Gasteiger partial charge in [0.15, 0.2) is 0 Å². The highest BCUT2D eigenvalue weighted by atomic mass is 79.9. The van der Waals surface area contributed by atoms with Crippen molar-refractivity contribution in [1.29, 1.82) is 0 Å². The molecule has 0 saturated heterocycles. The van der Waals surface area contributed by atoms with Crippen molar-refractivity contribution in [2.45, 2.75) is 6.92 Å². The Balaban J connectivity index is 2.99. The highest BCUT2D eigenvalue weighted by Gasteiger charge is 2.04. The van der Waals surface area contributed by atoms with Gasteiger partial charge < -0.3 is 0 Å². The summed E-state index contributed by atoms with van der Waals surface area (Å²) in [5, 5.41) is 0. The molecule has 0 aromatic heterocycles. The summed E-state index contributed by atoms with van der Waals surface area (Å²) in [4.78, 5) is 0. The van der Waals surface area contributed by atoms with E-state index in [0.29, 0.717) is 5.69 Å². The lowest BCUT2D eigenvalue weighted by atomic mass is 10.2. The monoisotopic (exact) mass is 265 g/mol. The van der Waals surface area contributed by atoms with E-state index >= 15 is 0 Å². The van der Waals surface area contributed by atoms with Gasteiger partial charge in [0.25, 0.3) is 0 Å². The largest absolute Gasteiger partial charge is 0.357 e. The summed E-state index contributed by atoms with van der Waals surface area (Å²) >= 11 is 3.27. The Hall–Kier alpha value is -0.590. The molecule has 0 aliphatic rings. The molecule has 13 heavy (non-hydrogen) atoms. The fourth-order valence-corrected chi connectivity index (χ4v) is 1.53. The summed E-state index contributed by atoms with van der Waals surface area (Å²) in [7, 11) is -4.17. The van der Waals surface area contributed by atoms with Crippen LogP contribution in [0.15, 0.2) is 22.7 Å². The lowest BCUT2D eigenvalue weighted by molar-refractivity contribution is 0.490. The van der Waals surface area contributed by atoms with E-state index in [1.54, 1.807) is 18.2 Å². The Morgan fingerprint density at radius 2 is 2.08 bits per heavy atom. The number of aryl methyl sites for hydroxylation is 1. The van der Waals surface area contributed by atoms with Gasteiger partial charge in [-0.15, -0.1) is 0 Å². The average Bonchev–Trinajstić information content (AvgIpc) is 1.94. The second-order valence-electron chi connectivity index (χ2n) is 2.54. The molecule has 4 nitrogen and oxygen atoms in total. The fourth-order valence-electron chi connectivity index (χ4n) is 0.857.